The first-order chi connectivity index (χ1) is 10.3. The predicted molar refractivity (Wildman–Crippen MR) is 88.6 cm³/mol. The molecule has 0 heterocycles. The highest BCUT2D eigenvalue weighted by atomic mass is 16.5. The van der Waals surface area contributed by atoms with Crippen LogP contribution in [0.3, 0.4) is 0 Å². The van der Waals surface area contributed by atoms with E-state index in [0.717, 1.165) is 18.7 Å². The van der Waals surface area contributed by atoms with E-state index in [0.29, 0.717) is 11.5 Å². The normalized spacial score (nSPS) is 34.1. The zero-order valence-corrected chi connectivity index (χ0v) is 14.0. The van der Waals surface area contributed by atoms with E-state index in [1.165, 1.54) is 83.5 Å². The molecular formula is C19H35NO. The van der Waals surface area contributed by atoms with E-state index < -0.39 is 0 Å². The summed E-state index contributed by atoms with van der Waals surface area (Å²) in [5.41, 5.74) is 0.497. The Kier molecular flexibility index (Phi) is 5.61. The fourth-order valence-electron chi connectivity index (χ4n) is 5.20. The summed E-state index contributed by atoms with van der Waals surface area (Å²) < 4.78 is 6.10. The van der Waals surface area contributed by atoms with Gasteiger partial charge in [-0.1, -0.05) is 51.4 Å². The number of ether oxygens (including phenoxy) is 1. The maximum Gasteiger partial charge on any atom is 0.0661 e. The van der Waals surface area contributed by atoms with Gasteiger partial charge in [-0.05, 0) is 39.0 Å². The molecule has 0 amide bonds. The smallest absolute Gasteiger partial charge is 0.0661 e. The van der Waals surface area contributed by atoms with E-state index >= 15 is 0 Å². The quantitative estimate of drug-likeness (QED) is 0.802. The molecule has 2 heteroatoms. The number of hydrogen-bond acceptors (Lipinski definition) is 2. The monoisotopic (exact) mass is 293 g/mol. The molecule has 3 fully saturated rings. The van der Waals surface area contributed by atoms with Gasteiger partial charge in [-0.25, -0.2) is 0 Å². The Bertz CT molecular complexity index is 303. The molecule has 3 aliphatic carbocycles. The van der Waals surface area contributed by atoms with Crippen LogP contribution < -0.4 is 5.32 Å². The van der Waals surface area contributed by atoms with Crippen molar-refractivity contribution in [1.82, 2.24) is 5.32 Å². The lowest BCUT2D eigenvalue weighted by molar-refractivity contribution is -0.152. The third-order valence-electron chi connectivity index (χ3n) is 6.48. The molecule has 0 radical (unpaired) electrons. The van der Waals surface area contributed by atoms with Crippen molar-refractivity contribution in [3.8, 4) is 0 Å². The van der Waals surface area contributed by atoms with Gasteiger partial charge in [0, 0.05) is 24.1 Å². The highest BCUT2D eigenvalue weighted by molar-refractivity contribution is 5.09. The van der Waals surface area contributed by atoms with Crippen LogP contribution in [-0.4, -0.2) is 24.8 Å². The minimum absolute atomic E-state index is 0.497. The summed E-state index contributed by atoms with van der Waals surface area (Å²) in [6.07, 6.45) is 19.0. The lowest BCUT2D eigenvalue weighted by atomic mass is 9.55. The van der Waals surface area contributed by atoms with E-state index in [-0.39, 0.29) is 0 Å². The molecule has 0 bridgehead atoms. The summed E-state index contributed by atoms with van der Waals surface area (Å²) in [6, 6.07) is 1.54. The van der Waals surface area contributed by atoms with Crippen LogP contribution >= 0.6 is 0 Å². The van der Waals surface area contributed by atoms with Crippen LogP contribution in [0.2, 0.25) is 0 Å². The minimum atomic E-state index is 0.497. The van der Waals surface area contributed by atoms with Gasteiger partial charge in [-0.15, -0.1) is 0 Å². The van der Waals surface area contributed by atoms with E-state index in [1.54, 1.807) is 0 Å². The van der Waals surface area contributed by atoms with Crippen molar-refractivity contribution in [2.24, 2.45) is 5.41 Å². The van der Waals surface area contributed by atoms with Crippen LogP contribution in [0.1, 0.15) is 90.4 Å². The largest absolute Gasteiger partial charge is 0.378 e. The average molecular weight is 293 g/mol. The maximum absolute atomic E-state index is 6.10. The molecule has 21 heavy (non-hydrogen) atoms. The zero-order valence-electron chi connectivity index (χ0n) is 14.0. The van der Waals surface area contributed by atoms with Crippen LogP contribution in [0, 0.1) is 5.41 Å². The number of hydrogen-bond donors (Lipinski definition) is 1. The van der Waals surface area contributed by atoms with Crippen molar-refractivity contribution in [3.63, 3.8) is 0 Å². The maximum atomic E-state index is 6.10. The Morgan fingerprint density at radius 3 is 2.19 bits per heavy atom. The van der Waals surface area contributed by atoms with Gasteiger partial charge in [-0.3, -0.25) is 0 Å². The lowest BCUT2D eigenvalue weighted by Gasteiger charge is -2.58. The molecule has 3 saturated carbocycles. The molecule has 2 atom stereocenters. The Morgan fingerprint density at radius 1 is 0.905 bits per heavy atom. The van der Waals surface area contributed by atoms with Gasteiger partial charge < -0.3 is 10.1 Å². The molecule has 2 unspecified atom stereocenters. The van der Waals surface area contributed by atoms with Gasteiger partial charge >= 0.3 is 0 Å². The first-order valence-corrected chi connectivity index (χ1v) is 9.73. The molecule has 122 valence electrons. The molecule has 1 N–H and O–H groups in total. The van der Waals surface area contributed by atoms with Crippen molar-refractivity contribution in [1.29, 1.82) is 0 Å². The van der Waals surface area contributed by atoms with E-state index in [2.05, 4.69) is 12.2 Å². The Hall–Kier alpha value is -0.0800. The molecule has 0 aromatic rings. The van der Waals surface area contributed by atoms with Crippen molar-refractivity contribution in [2.45, 2.75) is 109 Å². The van der Waals surface area contributed by atoms with Crippen LogP contribution in [-0.2, 0) is 4.74 Å². The van der Waals surface area contributed by atoms with Gasteiger partial charge in [0.15, 0.2) is 0 Å². The zero-order chi connectivity index (χ0) is 14.5. The van der Waals surface area contributed by atoms with E-state index in [4.69, 9.17) is 4.74 Å². The number of rotatable bonds is 4. The van der Waals surface area contributed by atoms with Crippen LogP contribution in [0.4, 0.5) is 0 Å². The topological polar surface area (TPSA) is 21.3 Å². The molecule has 0 aromatic carbocycles. The summed E-state index contributed by atoms with van der Waals surface area (Å²) in [5.74, 6) is 0. The molecular weight excluding hydrogens is 258 g/mol. The van der Waals surface area contributed by atoms with Crippen LogP contribution in [0.5, 0.6) is 0 Å². The van der Waals surface area contributed by atoms with E-state index in [1.807, 2.05) is 0 Å². The fraction of sp³-hybridized carbons (Fsp3) is 1.00. The van der Waals surface area contributed by atoms with Crippen molar-refractivity contribution < 1.29 is 4.74 Å². The SMILES string of the molecule is CCOC1CC(NC2CCCCCCC2)C12CCCCC2. The second-order valence-electron chi connectivity index (χ2n) is 7.73. The highest BCUT2D eigenvalue weighted by Crippen LogP contribution is 2.53. The lowest BCUT2D eigenvalue weighted by Crippen LogP contribution is -2.66. The van der Waals surface area contributed by atoms with E-state index in [9.17, 15) is 0 Å². The molecule has 3 rings (SSSR count). The summed E-state index contributed by atoms with van der Waals surface area (Å²) in [7, 11) is 0. The van der Waals surface area contributed by atoms with Gasteiger partial charge in [0.2, 0.25) is 0 Å². The fourth-order valence-corrected chi connectivity index (χ4v) is 5.20. The molecule has 0 aliphatic heterocycles. The molecule has 3 aliphatic rings. The number of nitrogens with one attached hydrogen (secondary N) is 1. The van der Waals surface area contributed by atoms with Crippen LogP contribution in [0.15, 0.2) is 0 Å². The minimum Gasteiger partial charge on any atom is -0.378 e. The molecule has 0 aromatic heterocycles. The van der Waals surface area contributed by atoms with Gasteiger partial charge in [-0.2, -0.15) is 0 Å². The standard InChI is InChI=1S/C19H35NO/c1-2-21-18-15-17(19(18)13-9-6-10-14-19)20-16-11-7-4-3-5-8-12-16/h16-18,20H,2-15H2,1H3. The summed E-state index contributed by atoms with van der Waals surface area (Å²) >= 11 is 0. The van der Waals surface area contributed by atoms with Crippen molar-refractivity contribution >= 4 is 0 Å². The van der Waals surface area contributed by atoms with Crippen LogP contribution in [0.25, 0.3) is 0 Å². The third kappa shape index (κ3) is 3.47. The third-order valence-corrected chi connectivity index (χ3v) is 6.48. The van der Waals surface area contributed by atoms with Gasteiger partial charge in [0.25, 0.3) is 0 Å². The highest BCUT2D eigenvalue weighted by Gasteiger charge is 2.55. The molecule has 1 spiro atoms. The first kappa shape index (κ1) is 15.8. The Balaban J connectivity index is 1.58. The predicted octanol–water partition coefficient (Wildman–Crippen LogP) is 4.82. The summed E-state index contributed by atoms with van der Waals surface area (Å²) in [5, 5.41) is 4.09. The molecule has 2 nitrogen and oxygen atoms in total. The van der Waals surface area contributed by atoms with Gasteiger partial charge in [0.1, 0.15) is 0 Å². The Labute approximate surface area is 131 Å². The second kappa shape index (κ2) is 7.46. The summed E-state index contributed by atoms with van der Waals surface area (Å²) in [6.45, 7) is 3.05. The van der Waals surface area contributed by atoms with Crippen molar-refractivity contribution in [2.75, 3.05) is 6.61 Å². The van der Waals surface area contributed by atoms with Crippen molar-refractivity contribution in [3.05, 3.63) is 0 Å². The summed E-state index contributed by atoms with van der Waals surface area (Å²) in [4.78, 5) is 0. The average Bonchev–Trinajstić information content (AvgIpc) is 2.49. The second-order valence-corrected chi connectivity index (χ2v) is 7.73. The first-order valence-electron chi connectivity index (χ1n) is 9.73. The Morgan fingerprint density at radius 2 is 1.52 bits per heavy atom. The van der Waals surface area contributed by atoms with Gasteiger partial charge in [0.05, 0.1) is 6.10 Å². The molecule has 0 saturated heterocycles.